The van der Waals surface area contributed by atoms with Crippen molar-refractivity contribution in [2.24, 2.45) is 5.92 Å². The molecule has 0 saturated heterocycles. The maximum atomic E-state index is 12.3. The summed E-state index contributed by atoms with van der Waals surface area (Å²) in [6, 6.07) is 8.70. The highest BCUT2D eigenvalue weighted by Crippen LogP contribution is 2.32. The van der Waals surface area contributed by atoms with Gasteiger partial charge in [-0.1, -0.05) is 49.1 Å². The van der Waals surface area contributed by atoms with Crippen LogP contribution in [0.15, 0.2) is 50.1 Å². The SMILES string of the molecule is CC(C)c1ccc(OCC(=O)Oc2coc(CSc3nnc(NC(=O)C4CC4)s3)cc2=O)cc1. The van der Waals surface area contributed by atoms with E-state index in [4.69, 9.17) is 13.9 Å². The van der Waals surface area contributed by atoms with Crippen molar-refractivity contribution in [2.45, 2.75) is 42.7 Å². The molecule has 0 bridgehead atoms. The second-order valence-electron chi connectivity index (χ2n) is 7.99. The molecule has 0 radical (unpaired) electrons. The van der Waals surface area contributed by atoms with E-state index in [-0.39, 0.29) is 24.2 Å². The summed E-state index contributed by atoms with van der Waals surface area (Å²) < 4.78 is 16.5. The number of nitrogens with one attached hydrogen (secondary N) is 1. The lowest BCUT2D eigenvalue weighted by atomic mass is 10.0. The van der Waals surface area contributed by atoms with Crippen molar-refractivity contribution in [1.82, 2.24) is 10.2 Å². The number of hydrogen-bond acceptors (Lipinski definition) is 10. The zero-order valence-electron chi connectivity index (χ0n) is 18.6. The number of carbonyl (C=O) groups excluding carboxylic acids is 2. The summed E-state index contributed by atoms with van der Waals surface area (Å²) in [7, 11) is 0. The molecule has 0 unspecified atom stereocenters. The second-order valence-corrected chi connectivity index (χ2v) is 10.2. The molecule has 11 heteroatoms. The maximum absolute atomic E-state index is 12.3. The van der Waals surface area contributed by atoms with Gasteiger partial charge in [-0.3, -0.25) is 9.59 Å². The van der Waals surface area contributed by atoms with Crippen LogP contribution in [0.4, 0.5) is 5.13 Å². The largest absolute Gasteiger partial charge is 0.482 e. The third-order valence-corrected chi connectivity index (χ3v) is 6.90. The Morgan fingerprint density at radius 2 is 2.00 bits per heavy atom. The van der Waals surface area contributed by atoms with Crippen LogP contribution >= 0.6 is 23.1 Å². The lowest BCUT2D eigenvalue weighted by Crippen LogP contribution is -2.20. The Labute approximate surface area is 203 Å². The normalized spacial score (nSPS) is 13.0. The molecule has 1 saturated carbocycles. The number of esters is 1. The number of carbonyl (C=O) groups is 2. The fourth-order valence-corrected chi connectivity index (χ4v) is 4.48. The number of hydrogen-bond donors (Lipinski definition) is 1. The summed E-state index contributed by atoms with van der Waals surface area (Å²) in [5, 5.41) is 11.2. The van der Waals surface area contributed by atoms with Crippen molar-refractivity contribution >= 4 is 40.1 Å². The number of thioether (sulfide) groups is 1. The Hall–Kier alpha value is -3.18. The van der Waals surface area contributed by atoms with Crippen LogP contribution in [0, 0.1) is 5.92 Å². The minimum absolute atomic E-state index is 0.0294. The molecule has 0 spiro atoms. The molecule has 1 fully saturated rings. The van der Waals surface area contributed by atoms with Gasteiger partial charge in [-0.05, 0) is 36.5 Å². The lowest BCUT2D eigenvalue weighted by Gasteiger charge is -2.08. The van der Waals surface area contributed by atoms with Gasteiger partial charge in [0.25, 0.3) is 0 Å². The van der Waals surface area contributed by atoms with Crippen molar-refractivity contribution in [3.05, 3.63) is 58.1 Å². The number of benzene rings is 1. The van der Waals surface area contributed by atoms with E-state index in [1.165, 1.54) is 29.2 Å². The van der Waals surface area contributed by atoms with E-state index in [0.29, 0.717) is 32.7 Å². The molecule has 0 aliphatic heterocycles. The standard InChI is InChI=1S/C23H23N3O6S2/c1-13(2)14-5-7-16(8-6-14)31-11-20(28)32-19-10-30-17(9-18(19)27)12-33-23-26-25-22(34-23)24-21(29)15-3-4-15/h5-10,13,15H,3-4,11-12H2,1-2H3,(H,24,25,29). The van der Waals surface area contributed by atoms with Gasteiger partial charge in [0.2, 0.25) is 22.2 Å². The average Bonchev–Trinajstić information content (AvgIpc) is 3.58. The lowest BCUT2D eigenvalue weighted by molar-refractivity contribution is -0.136. The van der Waals surface area contributed by atoms with E-state index in [2.05, 4.69) is 29.4 Å². The number of nitrogens with zero attached hydrogens (tertiary/aromatic N) is 2. The van der Waals surface area contributed by atoms with E-state index in [9.17, 15) is 14.4 Å². The van der Waals surface area contributed by atoms with Crippen molar-refractivity contribution in [3.8, 4) is 11.5 Å². The molecular weight excluding hydrogens is 478 g/mol. The van der Waals surface area contributed by atoms with Crippen LogP contribution in [0.3, 0.4) is 0 Å². The van der Waals surface area contributed by atoms with Gasteiger partial charge in [-0.25, -0.2) is 4.79 Å². The first-order valence-corrected chi connectivity index (χ1v) is 12.5. The minimum Gasteiger partial charge on any atom is -0.482 e. The van der Waals surface area contributed by atoms with Gasteiger partial charge in [0, 0.05) is 12.0 Å². The van der Waals surface area contributed by atoms with Gasteiger partial charge in [-0.15, -0.1) is 10.2 Å². The summed E-state index contributed by atoms with van der Waals surface area (Å²) in [4.78, 5) is 36.1. The summed E-state index contributed by atoms with van der Waals surface area (Å²) in [5.74, 6) is 0.778. The first kappa shape index (κ1) is 24.0. The average molecular weight is 502 g/mol. The Bertz CT molecular complexity index is 1220. The third-order valence-electron chi connectivity index (χ3n) is 4.90. The zero-order valence-corrected chi connectivity index (χ0v) is 20.2. The number of anilines is 1. The predicted molar refractivity (Wildman–Crippen MR) is 127 cm³/mol. The number of amides is 1. The van der Waals surface area contributed by atoms with E-state index < -0.39 is 11.4 Å². The number of ether oxygens (including phenoxy) is 2. The first-order chi connectivity index (χ1) is 16.4. The molecule has 34 heavy (non-hydrogen) atoms. The Morgan fingerprint density at radius 3 is 2.68 bits per heavy atom. The van der Waals surface area contributed by atoms with Gasteiger partial charge in [0.15, 0.2) is 10.9 Å². The molecule has 1 amide bonds. The smallest absolute Gasteiger partial charge is 0.349 e. The molecule has 1 aromatic carbocycles. The number of aromatic nitrogens is 2. The first-order valence-electron chi connectivity index (χ1n) is 10.7. The van der Waals surface area contributed by atoms with Gasteiger partial charge in [0.05, 0.1) is 5.75 Å². The van der Waals surface area contributed by atoms with E-state index in [1.807, 2.05) is 12.1 Å². The van der Waals surface area contributed by atoms with Gasteiger partial charge < -0.3 is 19.2 Å². The molecule has 2 aromatic heterocycles. The molecule has 0 atom stereocenters. The highest BCUT2D eigenvalue weighted by molar-refractivity contribution is 8.00. The van der Waals surface area contributed by atoms with Crippen molar-refractivity contribution < 1.29 is 23.5 Å². The molecular formula is C23H23N3O6S2. The molecule has 178 valence electrons. The molecule has 1 N–H and O–H groups in total. The Kier molecular flexibility index (Phi) is 7.63. The zero-order chi connectivity index (χ0) is 24.1. The van der Waals surface area contributed by atoms with Crippen molar-refractivity contribution in [2.75, 3.05) is 11.9 Å². The Balaban J connectivity index is 1.24. The molecule has 2 heterocycles. The third kappa shape index (κ3) is 6.67. The van der Waals surface area contributed by atoms with Crippen LogP contribution < -0.4 is 20.2 Å². The van der Waals surface area contributed by atoms with Gasteiger partial charge in [-0.2, -0.15) is 0 Å². The maximum Gasteiger partial charge on any atom is 0.349 e. The fraction of sp³-hybridized carbons (Fsp3) is 0.348. The van der Waals surface area contributed by atoms with E-state index in [1.54, 1.807) is 12.1 Å². The van der Waals surface area contributed by atoms with Crippen LogP contribution in [0.2, 0.25) is 0 Å². The van der Waals surface area contributed by atoms with Crippen LogP contribution in [0.1, 0.15) is 43.9 Å². The quantitative estimate of drug-likeness (QED) is 0.247. The van der Waals surface area contributed by atoms with Crippen LogP contribution in [0.5, 0.6) is 11.5 Å². The van der Waals surface area contributed by atoms with Gasteiger partial charge in [0.1, 0.15) is 17.8 Å². The summed E-state index contributed by atoms with van der Waals surface area (Å²) in [6.07, 6.45) is 2.93. The van der Waals surface area contributed by atoms with Crippen LogP contribution in [0.25, 0.3) is 0 Å². The van der Waals surface area contributed by atoms with Crippen LogP contribution in [-0.4, -0.2) is 28.7 Å². The van der Waals surface area contributed by atoms with Gasteiger partial charge >= 0.3 is 5.97 Å². The van der Waals surface area contributed by atoms with Crippen molar-refractivity contribution in [3.63, 3.8) is 0 Å². The topological polar surface area (TPSA) is 121 Å². The van der Waals surface area contributed by atoms with Crippen LogP contribution in [-0.2, 0) is 15.3 Å². The monoisotopic (exact) mass is 501 g/mol. The fourth-order valence-electron chi connectivity index (χ4n) is 2.84. The molecule has 9 nitrogen and oxygen atoms in total. The highest BCUT2D eigenvalue weighted by Gasteiger charge is 2.30. The van der Waals surface area contributed by atoms with Crippen molar-refractivity contribution in [1.29, 1.82) is 0 Å². The second kappa shape index (κ2) is 10.8. The summed E-state index contributed by atoms with van der Waals surface area (Å²) in [6.45, 7) is 3.84. The highest BCUT2D eigenvalue weighted by atomic mass is 32.2. The molecule has 4 rings (SSSR count). The van der Waals surface area contributed by atoms with E-state index in [0.717, 1.165) is 24.7 Å². The molecule has 1 aliphatic carbocycles. The summed E-state index contributed by atoms with van der Waals surface area (Å²) >= 11 is 2.57. The molecule has 1 aliphatic rings. The number of rotatable bonds is 10. The summed E-state index contributed by atoms with van der Waals surface area (Å²) in [5.41, 5.74) is 0.684. The predicted octanol–water partition coefficient (Wildman–Crippen LogP) is 4.24. The van der Waals surface area contributed by atoms with E-state index >= 15 is 0 Å². The molecule has 3 aromatic rings. The Morgan fingerprint density at radius 1 is 1.24 bits per heavy atom. The minimum atomic E-state index is -0.711.